The Morgan fingerprint density at radius 2 is 2.03 bits per heavy atom. The van der Waals surface area contributed by atoms with Crippen LogP contribution in [0.2, 0.25) is 0 Å². The molecule has 5 rings (SSSR count). The summed E-state index contributed by atoms with van der Waals surface area (Å²) in [6, 6.07) is 2.09. The Morgan fingerprint density at radius 3 is 2.79 bits per heavy atom. The standard InChI is InChI=1S/C26H39N3O4/c1-24-9-5-20(33-16-19(30)14-28-29-27)13-18(24)3-4-23-22(24)6-10-25(2)21(7-11-26(23,25)31)17-8-12-32-15-17/h8,12,15,18-23,30-31H,3-7,9-11,13-14,16H2,1-2H3/t18-,19?,20+,21-,22+,23-,24+,25-,26+/m1/s1. The minimum Gasteiger partial charge on any atom is -0.472 e. The smallest absolute Gasteiger partial charge is 0.0937 e. The molecule has 0 amide bonds. The molecule has 7 heteroatoms. The van der Waals surface area contributed by atoms with E-state index in [-0.39, 0.29) is 30.1 Å². The zero-order chi connectivity index (χ0) is 23.3. The van der Waals surface area contributed by atoms with E-state index in [2.05, 4.69) is 29.9 Å². The summed E-state index contributed by atoms with van der Waals surface area (Å²) in [5.41, 5.74) is 9.25. The van der Waals surface area contributed by atoms with E-state index in [1.807, 2.05) is 6.26 Å². The summed E-state index contributed by atoms with van der Waals surface area (Å²) in [6.07, 6.45) is 12.7. The fourth-order valence-corrected chi connectivity index (χ4v) is 8.78. The topological polar surface area (TPSA) is 112 Å². The molecule has 1 unspecified atom stereocenters. The Hall–Kier alpha value is -1.53. The van der Waals surface area contributed by atoms with Gasteiger partial charge in [-0.1, -0.05) is 19.0 Å². The zero-order valence-electron chi connectivity index (χ0n) is 20.0. The molecule has 0 aliphatic heterocycles. The molecule has 4 saturated carbocycles. The zero-order valence-corrected chi connectivity index (χ0v) is 20.0. The fourth-order valence-electron chi connectivity index (χ4n) is 8.78. The van der Waals surface area contributed by atoms with E-state index in [9.17, 15) is 10.2 Å². The van der Waals surface area contributed by atoms with E-state index in [0.717, 1.165) is 51.4 Å². The molecule has 1 aromatic heterocycles. The Labute approximate surface area is 196 Å². The molecule has 4 aliphatic rings. The van der Waals surface area contributed by atoms with Gasteiger partial charge in [0.2, 0.25) is 0 Å². The van der Waals surface area contributed by atoms with E-state index < -0.39 is 11.7 Å². The lowest BCUT2D eigenvalue weighted by molar-refractivity contribution is -0.207. The van der Waals surface area contributed by atoms with Crippen molar-refractivity contribution < 1.29 is 19.4 Å². The predicted octanol–water partition coefficient (Wildman–Crippen LogP) is 5.58. The van der Waals surface area contributed by atoms with Crippen LogP contribution < -0.4 is 0 Å². The predicted molar refractivity (Wildman–Crippen MR) is 124 cm³/mol. The Morgan fingerprint density at radius 1 is 1.18 bits per heavy atom. The first kappa shape index (κ1) is 23.2. The first-order valence-corrected chi connectivity index (χ1v) is 12.9. The number of ether oxygens (including phenoxy) is 1. The molecule has 33 heavy (non-hydrogen) atoms. The molecule has 4 aliphatic carbocycles. The summed E-state index contributed by atoms with van der Waals surface area (Å²) in [5.74, 6) is 1.92. The van der Waals surface area contributed by atoms with E-state index in [0.29, 0.717) is 23.7 Å². The number of hydrogen-bond donors (Lipinski definition) is 2. The first-order valence-electron chi connectivity index (χ1n) is 12.9. The number of hydrogen-bond acceptors (Lipinski definition) is 5. The fraction of sp³-hybridized carbons (Fsp3) is 0.846. The highest BCUT2D eigenvalue weighted by Gasteiger charge is 2.67. The minimum absolute atomic E-state index is 0.0608. The van der Waals surface area contributed by atoms with Crippen molar-refractivity contribution in [1.29, 1.82) is 0 Å². The molecule has 1 heterocycles. The number of aliphatic hydroxyl groups excluding tert-OH is 1. The molecule has 2 N–H and O–H groups in total. The molecule has 1 aromatic rings. The van der Waals surface area contributed by atoms with Crippen molar-refractivity contribution >= 4 is 0 Å². The summed E-state index contributed by atoms with van der Waals surface area (Å²) in [6.45, 7) is 5.11. The number of fused-ring (bicyclic) bond motifs is 5. The Bertz CT molecular complexity index is 886. The third kappa shape index (κ3) is 3.63. The highest BCUT2D eigenvalue weighted by atomic mass is 16.5. The van der Waals surface area contributed by atoms with Crippen molar-refractivity contribution in [3.63, 3.8) is 0 Å². The molecule has 4 fully saturated rings. The van der Waals surface area contributed by atoms with Gasteiger partial charge in [0.05, 0.1) is 43.5 Å². The monoisotopic (exact) mass is 457 g/mol. The third-order valence-electron chi connectivity index (χ3n) is 10.6. The second-order valence-electron chi connectivity index (χ2n) is 11.8. The molecule has 0 radical (unpaired) electrons. The maximum atomic E-state index is 12.3. The normalized spacial score (nSPS) is 45.4. The Balaban J connectivity index is 1.28. The van der Waals surface area contributed by atoms with Crippen LogP contribution in [0.25, 0.3) is 10.4 Å². The molecule has 0 bridgehead atoms. The van der Waals surface area contributed by atoms with Gasteiger partial charge in [0.25, 0.3) is 0 Å². The summed E-state index contributed by atoms with van der Waals surface area (Å²) < 4.78 is 11.5. The lowest BCUT2D eigenvalue weighted by atomic mass is 9.43. The van der Waals surface area contributed by atoms with E-state index >= 15 is 0 Å². The minimum atomic E-state index is -0.735. The lowest BCUT2D eigenvalue weighted by Crippen LogP contribution is -2.62. The van der Waals surface area contributed by atoms with Crippen LogP contribution in [-0.2, 0) is 4.74 Å². The van der Waals surface area contributed by atoms with Crippen LogP contribution in [0.15, 0.2) is 28.1 Å². The number of nitrogens with zero attached hydrogens (tertiary/aromatic N) is 3. The molecule has 0 spiro atoms. The van der Waals surface area contributed by atoms with Gasteiger partial charge in [-0.3, -0.25) is 0 Å². The SMILES string of the molecule is C[C@]12CC[C@H](OCC(O)CN=[N+]=[N-])C[C@H]1CC[C@@H]1[C@@H]2CC[C@]2(C)[C@@H](c3ccoc3)CC[C@]12O. The van der Waals surface area contributed by atoms with Crippen molar-refractivity contribution in [3.8, 4) is 0 Å². The van der Waals surface area contributed by atoms with Crippen molar-refractivity contribution in [2.45, 2.75) is 95.4 Å². The van der Waals surface area contributed by atoms with E-state index in [4.69, 9.17) is 14.7 Å². The molecule has 9 atom stereocenters. The van der Waals surface area contributed by atoms with Gasteiger partial charge < -0.3 is 19.4 Å². The van der Waals surface area contributed by atoms with Crippen molar-refractivity contribution in [3.05, 3.63) is 34.6 Å². The van der Waals surface area contributed by atoms with Crippen LogP contribution in [0.4, 0.5) is 0 Å². The van der Waals surface area contributed by atoms with Gasteiger partial charge >= 0.3 is 0 Å². The highest BCUT2D eigenvalue weighted by Crippen LogP contribution is 2.70. The average Bonchev–Trinajstić information content (AvgIpc) is 3.42. The van der Waals surface area contributed by atoms with Crippen LogP contribution in [0, 0.1) is 28.6 Å². The second-order valence-corrected chi connectivity index (χ2v) is 11.8. The van der Waals surface area contributed by atoms with E-state index in [1.165, 1.54) is 12.0 Å². The van der Waals surface area contributed by atoms with Crippen LogP contribution in [0.5, 0.6) is 0 Å². The van der Waals surface area contributed by atoms with Crippen LogP contribution in [0.1, 0.15) is 83.1 Å². The van der Waals surface area contributed by atoms with Gasteiger partial charge in [-0.15, -0.1) is 0 Å². The highest BCUT2D eigenvalue weighted by molar-refractivity contribution is 5.26. The molecular weight excluding hydrogens is 418 g/mol. The van der Waals surface area contributed by atoms with Crippen LogP contribution >= 0.6 is 0 Å². The maximum Gasteiger partial charge on any atom is 0.0937 e. The lowest BCUT2D eigenvalue weighted by Gasteiger charge is -2.63. The third-order valence-corrected chi connectivity index (χ3v) is 10.6. The van der Waals surface area contributed by atoms with Gasteiger partial charge in [-0.2, -0.15) is 0 Å². The first-order chi connectivity index (χ1) is 15.8. The summed E-state index contributed by atoms with van der Waals surface area (Å²) in [5, 5.41) is 25.7. The Kier molecular flexibility index (Phi) is 6.05. The molecule has 0 saturated heterocycles. The van der Waals surface area contributed by atoms with Crippen molar-refractivity contribution in [2.24, 2.45) is 33.7 Å². The van der Waals surface area contributed by atoms with Crippen molar-refractivity contribution in [1.82, 2.24) is 0 Å². The maximum absolute atomic E-state index is 12.3. The van der Waals surface area contributed by atoms with Crippen LogP contribution in [0.3, 0.4) is 0 Å². The molecular formula is C26H39N3O4. The molecule has 0 aromatic carbocycles. The number of azide groups is 1. The summed E-state index contributed by atoms with van der Waals surface area (Å²) in [4.78, 5) is 2.71. The quantitative estimate of drug-likeness (QED) is 0.330. The average molecular weight is 458 g/mol. The summed E-state index contributed by atoms with van der Waals surface area (Å²) in [7, 11) is 0. The van der Waals surface area contributed by atoms with Gasteiger partial charge in [0.1, 0.15) is 0 Å². The summed E-state index contributed by atoms with van der Waals surface area (Å²) >= 11 is 0. The molecule has 182 valence electrons. The number of rotatable bonds is 6. The van der Waals surface area contributed by atoms with Crippen LogP contribution in [-0.4, -0.2) is 41.2 Å². The second kappa shape index (κ2) is 8.60. The van der Waals surface area contributed by atoms with Gasteiger partial charge in [0, 0.05) is 10.3 Å². The largest absolute Gasteiger partial charge is 0.472 e. The van der Waals surface area contributed by atoms with Gasteiger partial charge in [0.15, 0.2) is 0 Å². The van der Waals surface area contributed by atoms with Gasteiger partial charge in [-0.25, -0.2) is 0 Å². The van der Waals surface area contributed by atoms with Gasteiger partial charge in [-0.05, 0) is 104 Å². The van der Waals surface area contributed by atoms with E-state index in [1.54, 1.807) is 6.26 Å². The molecule has 7 nitrogen and oxygen atoms in total. The number of aliphatic hydroxyl groups is 2. The number of furan rings is 1. The van der Waals surface area contributed by atoms with Crippen molar-refractivity contribution in [2.75, 3.05) is 13.2 Å².